The number of aromatic nitrogens is 2. The van der Waals surface area contributed by atoms with Crippen LogP contribution in [0.5, 0.6) is 0 Å². The monoisotopic (exact) mass is 312 g/mol. The Morgan fingerprint density at radius 2 is 2.09 bits per heavy atom. The van der Waals surface area contributed by atoms with E-state index in [-0.39, 0.29) is 6.09 Å². The van der Waals surface area contributed by atoms with Crippen molar-refractivity contribution in [1.29, 1.82) is 0 Å². The molecule has 0 aliphatic carbocycles. The molecule has 0 saturated carbocycles. The first kappa shape index (κ1) is 15.3. The first-order valence-electron chi connectivity index (χ1n) is 7.55. The van der Waals surface area contributed by atoms with Crippen molar-refractivity contribution in [3.63, 3.8) is 0 Å². The maximum absolute atomic E-state index is 12.3. The lowest BCUT2D eigenvalue weighted by Crippen LogP contribution is -2.36. The summed E-state index contributed by atoms with van der Waals surface area (Å²) in [5, 5.41) is 0. The van der Waals surface area contributed by atoms with Gasteiger partial charge >= 0.3 is 6.09 Å². The van der Waals surface area contributed by atoms with Crippen molar-refractivity contribution >= 4 is 17.6 Å². The first-order valence-corrected chi connectivity index (χ1v) is 7.55. The third-order valence-electron chi connectivity index (χ3n) is 3.54. The molecule has 0 bridgehead atoms. The molecule has 0 atom stereocenters. The van der Waals surface area contributed by atoms with E-state index in [9.17, 15) is 4.79 Å². The van der Waals surface area contributed by atoms with Gasteiger partial charge in [0, 0.05) is 23.4 Å². The first-order chi connectivity index (χ1) is 10.8. The highest BCUT2D eigenvalue weighted by Crippen LogP contribution is 2.34. The Bertz CT molecular complexity index is 752. The van der Waals surface area contributed by atoms with Gasteiger partial charge in [0.2, 0.25) is 0 Å². The Kier molecular flexibility index (Phi) is 3.67. The zero-order valence-corrected chi connectivity index (χ0v) is 13.5. The van der Waals surface area contributed by atoms with E-state index in [1.54, 1.807) is 4.90 Å². The number of ether oxygens (including phenoxy) is 1. The number of rotatable bonds is 1. The summed E-state index contributed by atoms with van der Waals surface area (Å²) >= 11 is 0. The molecule has 0 fully saturated rings. The summed E-state index contributed by atoms with van der Waals surface area (Å²) in [7, 11) is 0. The molecular weight excluding hydrogens is 292 g/mol. The molecule has 1 aliphatic heterocycles. The van der Waals surface area contributed by atoms with Crippen LogP contribution in [0, 0.1) is 0 Å². The fourth-order valence-corrected chi connectivity index (χ4v) is 2.62. The number of amides is 1. The number of hydrogen-bond acceptors (Lipinski definition) is 5. The van der Waals surface area contributed by atoms with Crippen molar-refractivity contribution < 1.29 is 9.53 Å². The number of fused-ring (bicyclic) bond motifs is 1. The van der Waals surface area contributed by atoms with Crippen LogP contribution in [0.25, 0.3) is 11.3 Å². The number of carbonyl (C=O) groups excluding carboxylic acids is 1. The van der Waals surface area contributed by atoms with Gasteiger partial charge in [-0.05, 0) is 39.3 Å². The summed E-state index contributed by atoms with van der Waals surface area (Å²) in [6.45, 7) is 6.08. The molecule has 1 aromatic heterocycles. The molecule has 23 heavy (non-hydrogen) atoms. The molecule has 2 N–H and O–H groups in total. The Hall–Kier alpha value is -2.63. The minimum Gasteiger partial charge on any atom is -0.443 e. The van der Waals surface area contributed by atoms with Gasteiger partial charge in [0.05, 0.1) is 5.69 Å². The highest BCUT2D eigenvalue weighted by Gasteiger charge is 2.32. The largest absolute Gasteiger partial charge is 0.443 e. The van der Waals surface area contributed by atoms with Crippen LogP contribution in [0.4, 0.5) is 16.3 Å². The molecule has 1 aromatic carbocycles. The van der Waals surface area contributed by atoms with E-state index in [0.717, 1.165) is 16.8 Å². The maximum atomic E-state index is 12.3. The molecule has 120 valence electrons. The second-order valence-electron chi connectivity index (χ2n) is 6.53. The Balaban J connectivity index is 1.96. The summed E-state index contributed by atoms with van der Waals surface area (Å²) in [6, 6.07) is 7.55. The number of carbonyl (C=O) groups is 1. The van der Waals surface area contributed by atoms with E-state index < -0.39 is 5.60 Å². The van der Waals surface area contributed by atoms with E-state index in [0.29, 0.717) is 24.5 Å². The van der Waals surface area contributed by atoms with Crippen molar-refractivity contribution in [2.45, 2.75) is 32.8 Å². The predicted octanol–water partition coefficient (Wildman–Crippen LogP) is 3.02. The SMILES string of the molecule is CC(C)(C)OC(=O)N1CCc2c(-c3cccc(N)c3)ncnc21. The van der Waals surface area contributed by atoms with Gasteiger partial charge in [0.25, 0.3) is 0 Å². The Labute approximate surface area is 135 Å². The zero-order valence-electron chi connectivity index (χ0n) is 13.5. The summed E-state index contributed by atoms with van der Waals surface area (Å²) in [4.78, 5) is 22.6. The van der Waals surface area contributed by atoms with Gasteiger partial charge in [-0.25, -0.2) is 14.8 Å². The molecule has 0 unspecified atom stereocenters. The molecule has 2 heterocycles. The number of nitrogens with two attached hydrogens (primary N) is 1. The van der Waals surface area contributed by atoms with Crippen LogP contribution in [0.1, 0.15) is 26.3 Å². The highest BCUT2D eigenvalue weighted by atomic mass is 16.6. The van der Waals surface area contributed by atoms with Crippen LogP contribution in [0.15, 0.2) is 30.6 Å². The molecule has 6 heteroatoms. The minimum atomic E-state index is -0.538. The predicted molar refractivity (Wildman–Crippen MR) is 89.2 cm³/mol. The Morgan fingerprint density at radius 3 is 2.78 bits per heavy atom. The molecule has 0 radical (unpaired) electrons. The van der Waals surface area contributed by atoms with E-state index in [1.807, 2.05) is 45.0 Å². The van der Waals surface area contributed by atoms with Gasteiger partial charge in [-0.3, -0.25) is 4.90 Å². The summed E-state index contributed by atoms with van der Waals surface area (Å²) in [6.07, 6.45) is 1.79. The van der Waals surface area contributed by atoms with E-state index in [1.165, 1.54) is 6.33 Å². The number of hydrogen-bond donors (Lipinski definition) is 1. The average Bonchev–Trinajstić information content (AvgIpc) is 2.89. The molecule has 0 spiro atoms. The molecule has 1 amide bonds. The van der Waals surface area contributed by atoms with Crippen LogP contribution < -0.4 is 10.6 Å². The van der Waals surface area contributed by atoms with Gasteiger partial charge in [-0.2, -0.15) is 0 Å². The van der Waals surface area contributed by atoms with Gasteiger partial charge in [0.1, 0.15) is 17.7 Å². The lowest BCUT2D eigenvalue weighted by Gasteiger charge is -2.24. The molecule has 0 saturated heterocycles. The van der Waals surface area contributed by atoms with Gasteiger partial charge in [-0.1, -0.05) is 12.1 Å². The fraction of sp³-hybridized carbons (Fsp3) is 0.353. The van der Waals surface area contributed by atoms with Gasteiger partial charge in [0.15, 0.2) is 0 Å². The second kappa shape index (κ2) is 5.53. The summed E-state index contributed by atoms with van der Waals surface area (Å²) in [5.74, 6) is 0.617. The van der Waals surface area contributed by atoms with Crippen LogP contribution in [0.2, 0.25) is 0 Å². The van der Waals surface area contributed by atoms with Crippen LogP contribution in [0.3, 0.4) is 0 Å². The van der Waals surface area contributed by atoms with E-state index in [2.05, 4.69) is 9.97 Å². The van der Waals surface area contributed by atoms with Gasteiger partial charge in [-0.15, -0.1) is 0 Å². The van der Waals surface area contributed by atoms with Crippen molar-refractivity contribution in [3.05, 3.63) is 36.2 Å². The van der Waals surface area contributed by atoms with Crippen molar-refractivity contribution in [2.24, 2.45) is 0 Å². The molecule has 3 rings (SSSR count). The third-order valence-corrected chi connectivity index (χ3v) is 3.54. The average molecular weight is 312 g/mol. The lowest BCUT2D eigenvalue weighted by molar-refractivity contribution is 0.0583. The molecular formula is C17H20N4O2. The smallest absolute Gasteiger partial charge is 0.416 e. The van der Waals surface area contributed by atoms with Crippen LogP contribution in [-0.4, -0.2) is 28.2 Å². The van der Waals surface area contributed by atoms with E-state index >= 15 is 0 Å². The standard InChI is InChI=1S/C17H20N4O2/c1-17(2,3)23-16(22)21-8-7-13-14(19-10-20-15(13)21)11-5-4-6-12(18)9-11/h4-6,9-10H,7-8,18H2,1-3H3. The highest BCUT2D eigenvalue weighted by molar-refractivity contribution is 5.90. The summed E-state index contributed by atoms with van der Waals surface area (Å²) in [5.41, 5.74) is 8.68. The Morgan fingerprint density at radius 1 is 1.30 bits per heavy atom. The van der Waals surface area contributed by atoms with E-state index in [4.69, 9.17) is 10.5 Å². The van der Waals surface area contributed by atoms with Gasteiger partial charge < -0.3 is 10.5 Å². The zero-order chi connectivity index (χ0) is 16.6. The number of anilines is 2. The third kappa shape index (κ3) is 3.11. The number of nitrogens with zero attached hydrogens (tertiary/aromatic N) is 3. The van der Waals surface area contributed by atoms with Crippen LogP contribution >= 0.6 is 0 Å². The quantitative estimate of drug-likeness (QED) is 0.819. The summed E-state index contributed by atoms with van der Waals surface area (Å²) < 4.78 is 5.45. The van der Waals surface area contributed by atoms with Crippen molar-refractivity contribution in [3.8, 4) is 11.3 Å². The van der Waals surface area contributed by atoms with Crippen LogP contribution in [-0.2, 0) is 11.2 Å². The number of nitrogen functional groups attached to an aromatic ring is 1. The van der Waals surface area contributed by atoms with Crippen molar-refractivity contribution in [1.82, 2.24) is 9.97 Å². The fourth-order valence-electron chi connectivity index (χ4n) is 2.62. The number of benzene rings is 1. The normalized spacial score (nSPS) is 13.8. The minimum absolute atomic E-state index is 0.381. The van der Waals surface area contributed by atoms with Crippen molar-refractivity contribution in [2.75, 3.05) is 17.2 Å². The lowest BCUT2D eigenvalue weighted by atomic mass is 10.1. The second-order valence-corrected chi connectivity index (χ2v) is 6.53. The molecule has 1 aliphatic rings. The topological polar surface area (TPSA) is 81.3 Å². The maximum Gasteiger partial charge on any atom is 0.416 e. The molecule has 2 aromatic rings. The molecule has 6 nitrogen and oxygen atoms in total.